The molecule has 6 heteroatoms. The number of aromatic nitrogens is 3. The quantitative estimate of drug-likeness (QED) is 0.852. The standard InChI is InChI=1S/C13H22N4O2/c1-2-14-11(12-15-9-16-17-12)10-3-5-19-13(7-10)4-6-18-8-13/h9-11,14H,2-8H2,1H3,(H,15,16,17). The molecule has 106 valence electrons. The Kier molecular flexibility index (Phi) is 3.81. The van der Waals surface area contributed by atoms with Gasteiger partial charge in [0, 0.05) is 19.6 Å². The number of hydrogen-bond donors (Lipinski definition) is 2. The maximum absolute atomic E-state index is 6.00. The molecule has 2 aliphatic rings. The molecule has 0 amide bonds. The van der Waals surface area contributed by atoms with Crippen LogP contribution in [0.1, 0.15) is 38.1 Å². The normalized spacial score (nSPS) is 32.8. The molecule has 3 unspecified atom stereocenters. The fourth-order valence-corrected chi connectivity index (χ4v) is 3.28. The van der Waals surface area contributed by atoms with E-state index in [1.54, 1.807) is 6.33 Å². The lowest BCUT2D eigenvalue weighted by Crippen LogP contribution is -2.44. The molecule has 6 nitrogen and oxygen atoms in total. The van der Waals surface area contributed by atoms with Crippen LogP contribution >= 0.6 is 0 Å². The Morgan fingerprint density at radius 3 is 3.21 bits per heavy atom. The Balaban J connectivity index is 1.74. The van der Waals surface area contributed by atoms with Crippen molar-refractivity contribution < 1.29 is 9.47 Å². The third-order valence-electron chi connectivity index (χ3n) is 4.22. The van der Waals surface area contributed by atoms with Crippen LogP contribution in [0.25, 0.3) is 0 Å². The summed E-state index contributed by atoms with van der Waals surface area (Å²) >= 11 is 0. The summed E-state index contributed by atoms with van der Waals surface area (Å²) < 4.78 is 11.5. The molecule has 2 fully saturated rings. The average Bonchev–Trinajstić information content (AvgIpc) is 3.08. The summed E-state index contributed by atoms with van der Waals surface area (Å²) in [4.78, 5) is 4.32. The fraction of sp³-hybridized carbons (Fsp3) is 0.846. The molecule has 0 bridgehead atoms. The Labute approximate surface area is 113 Å². The third kappa shape index (κ3) is 2.66. The van der Waals surface area contributed by atoms with E-state index in [-0.39, 0.29) is 11.6 Å². The van der Waals surface area contributed by atoms with Crippen LogP contribution in [0.15, 0.2) is 6.33 Å². The first-order chi connectivity index (χ1) is 9.33. The van der Waals surface area contributed by atoms with Gasteiger partial charge >= 0.3 is 0 Å². The summed E-state index contributed by atoms with van der Waals surface area (Å²) in [5, 5.41) is 10.5. The summed E-state index contributed by atoms with van der Waals surface area (Å²) in [6, 6.07) is 0.230. The summed E-state index contributed by atoms with van der Waals surface area (Å²) in [6.45, 7) is 5.41. The predicted octanol–water partition coefficient (Wildman–Crippen LogP) is 1.04. The van der Waals surface area contributed by atoms with E-state index in [4.69, 9.17) is 9.47 Å². The van der Waals surface area contributed by atoms with Gasteiger partial charge < -0.3 is 14.8 Å². The lowest BCUT2D eigenvalue weighted by Gasteiger charge is -2.40. The molecule has 19 heavy (non-hydrogen) atoms. The van der Waals surface area contributed by atoms with Crippen LogP contribution in [-0.2, 0) is 9.47 Å². The maximum atomic E-state index is 6.00. The second-order valence-corrected chi connectivity index (χ2v) is 5.49. The van der Waals surface area contributed by atoms with Gasteiger partial charge in [-0.3, -0.25) is 5.10 Å². The van der Waals surface area contributed by atoms with E-state index in [1.807, 2.05) is 0 Å². The second-order valence-electron chi connectivity index (χ2n) is 5.49. The summed E-state index contributed by atoms with van der Waals surface area (Å²) in [6.07, 6.45) is 4.68. The van der Waals surface area contributed by atoms with Gasteiger partial charge in [0.15, 0.2) is 0 Å². The van der Waals surface area contributed by atoms with E-state index in [2.05, 4.69) is 27.4 Å². The van der Waals surface area contributed by atoms with E-state index in [1.165, 1.54) is 0 Å². The van der Waals surface area contributed by atoms with Gasteiger partial charge in [-0.2, -0.15) is 5.10 Å². The molecule has 0 aliphatic carbocycles. The second kappa shape index (κ2) is 5.56. The van der Waals surface area contributed by atoms with Gasteiger partial charge in [-0.25, -0.2) is 4.98 Å². The van der Waals surface area contributed by atoms with Crippen LogP contribution in [0, 0.1) is 5.92 Å². The van der Waals surface area contributed by atoms with Crippen molar-refractivity contribution in [2.45, 2.75) is 37.8 Å². The highest BCUT2D eigenvalue weighted by Gasteiger charge is 2.43. The van der Waals surface area contributed by atoms with Crippen LogP contribution in [-0.4, -0.2) is 47.1 Å². The van der Waals surface area contributed by atoms with Gasteiger partial charge in [0.2, 0.25) is 0 Å². The van der Waals surface area contributed by atoms with Crippen LogP contribution in [0.2, 0.25) is 0 Å². The molecule has 0 radical (unpaired) electrons. The molecule has 1 aromatic rings. The molecule has 0 aromatic carbocycles. The number of ether oxygens (including phenoxy) is 2. The summed E-state index contributed by atoms with van der Waals surface area (Å²) in [7, 11) is 0. The zero-order valence-electron chi connectivity index (χ0n) is 11.4. The first-order valence-electron chi connectivity index (χ1n) is 7.13. The van der Waals surface area contributed by atoms with Gasteiger partial charge in [-0.05, 0) is 25.3 Å². The van der Waals surface area contributed by atoms with Crippen molar-refractivity contribution in [2.75, 3.05) is 26.4 Å². The zero-order valence-corrected chi connectivity index (χ0v) is 11.4. The first kappa shape index (κ1) is 13.0. The number of H-pyrrole nitrogens is 1. The molecule has 2 saturated heterocycles. The Morgan fingerprint density at radius 1 is 1.58 bits per heavy atom. The highest BCUT2D eigenvalue weighted by atomic mass is 16.6. The summed E-state index contributed by atoms with van der Waals surface area (Å²) in [5.74, 6) is 1.45. The third-order valence-corrected chi connectivity index (χ3v) is 4.22. The molecule has 2 aliphatic heterocycles. The Hall–Kier alpha value is -0.980. The Morgan fingerprint density at radius 2 is 2.53 bits per heavy atom. The van der Waals surface area contributed by atoms with E-state index in [0.717, 1.165) is 51.5 Å². The monoisotopic (exact) mass is 266 g/mol. The van der Waals surface area contributed by atoms with Crippen molar-refractivity contribution in [1.82, 2.24) is 20.5 Å². The topological polar surface area (TPSA) is 72.1 Å². The van der Waals surface area contributed by atoms with Crippen LogP contribution in [0.4, 0.5) is 0 Å². The maximum Gasteiger partial charge on any atom is 0.141 e. The molecule has 0 saturated carbocycles. The van der Waals surface area contributed by atoms with Crippen molar-refractivity contribution in [1.29, 1.82) is 0 Å². The summed E-state index contributed by atoms with van der Waals surface area (Å²) in [5.41, 5.74) is -0.0589. The average molecular weight is 266 g/mol. The molecule has 3 atom stereocenters. The van der Waals surface area contributed by atoms with Crippen molar-refractivity contribution in [3.63, 3.8) is 0 Å². The molecule has 1 spiro atoms. The van der Waals surface area contributed by atoms with Gasteiger partial charge in [0.05, 0.1) is 18.2 Å². The van der Waals surface area contributed by atoms with E-state index in [0.29, 0.717) is 5.92 Å². The van der Waals surface area contributed by atoms with Gasteiger partial charge in [-0.15, -0.1) is 0 Å². The number of nitrogens with one attached hydrogen (secondary N) is 2. The van der Waals surface area contributed by atoms with Crippen molar-refractivity contribution >= 4 is 0 Å². The number of aromatic amines is 1. The minimum Gasteiger partial charge on any atom is -0.378 e. The SMILES string of the molecule is CCNC(c1ncn[nH]1)C1CCOC2(CCOC2)C1. The first-order valence-corrected chi connectivity index (χ1v) is 7.13. The van der Waals surface area contributed by atoms with Crippen LogP contribution < -0.4 is 5.32 Å². The van der Waals surface area contributed by atoms with Crippen LogP contribution in [0.3, 0.4) is 0 Å². The molecular formula is C13H22N4O2. The van der Waals surface area contributed by atoms with Gasteiger partial charge in [0.25, 0.3) is 0 Å². The molecule has 2 N–H and O–H groups in total. The van der Waals surface area contributed by atoms with Crippen molar-refractivity contribution in [3.05, 3.63) is 12.2 Å². The predicted molar refractivity (Wildman–Crippen MR) is 69.6 cm³/mol. The largest absolute Gasteiger partial charge is 0.378 e. The van der Waals surface area contributed by atoms with E-state index < -0.39 is 0 Å². The van der Waals surface area contributed by atoms with Crippen molar-refractivity contribution in [3.8, 4) is 0 Å². The lowest BCUT2D eigenvalue weighted by molar-refractivity contribution is -0.103. The fourth-order valence-electron chi connectivity index (χ4n) is 3.28. The van der Waals surface area contributed by atoms with Gasteiger partial charge in [-0.1, -0.05) is 6.92 Å². The molecule has 1 aromatic heterocycles. The van der Waals surface area contributed by atoms with Gasteiger partial charge in [0.1, 0.15) is 12.2 Å². The smallest absolute Gasteiger partial charge is 0.141 e. The number of rotatable bonds is 4. The minimum atomic E-state index is -0.0589. The highest BCUT2D eigenvalue weighted by Crippen LogP contribution is 2.40. The van der Waals surface area contributed by atoms with E-state index in [9.17, 15) is 0 Å². The minimum absolute atomic E-state index is 0.0589. The zero-order chi connectivity index (χ0) is 13.1. The number of nitrogens with zero attached hydrogens (tertiary/aromatic N) is 2. The number of hydrogen-bond acceptors (Lipinski definition) is 5. The van der Waals surface area contributed by atoms with E-state index >= 15 is 0 Å². The molecular weight excluding hydrogens is 244 g/mol. The highest BCUT2D eigenvalue weighted by molar-refractivity contribution is 5.00. The lowest BCUT2D eigenvalue weighted by atomic mass is 9.81. The molecule has 3 heterocycles. The van der Waals surface area contributed by atoms with Crippen molar-refractivity contribution in [2.24, 2.45) is 5.92 Å². The van der Waals surface area contributed by atoms with Crippen LogP contribution in [0.5, 0.6) is 0 Å². The Bertz CT molecular complexity index is 389. The molecule has 3 rings (SSSR count).